The van der Waals surface area contributed by atoms with Crippen LogP contribution >= 0.6 is 0 Å². The van der Waals surface area contributed by atoms with Gasteiger partial charge in [0.1, 0.15) is 0 Å². The first-order valence-corrected chi connectivity index (χ1v) is 4.07. The summed E-state index contributed by atoms with van der Waals surface area (Å²) in [7, 11) is 0. The number of hydrogen-bond acceptors (Lipinski definition) is 4. The van der Waals surface area contributed by atoms with Crippen molar-refractivity contribution in [3.05, 3.63) is 0 Å². The summed E-state index contributed by atoms with van der Waals surface area (Å²) in [5.74, 6) is -0.373. The van der Waals surface area contributed by atoms with E-state index in [-0.39, 0.29) is 19.2 Å². The molecule has 1 aliphatic rings. The Hall–Kier alpha value is -1.26. The minimum Gasteiger partial charge on any atom is -0.465 e. The summed E-state index contributed by atoms with van der Waals surface area (Å²) in [5.41, 5.74) is -0.817. The first-order valence-electron chi connectivity index (χ1n) is 4.07. The third kappa shape index (κ3) is 2.11. The second-order valence-corrected chi connectivity index (χ2v) is 3.12. The number of ether oxygens (including phenoxy) is 3. The average Bonchev–Trinajstić information content (AvgIpc) is 2.11. The van der Waals surface area contributed by atoms with Crippen LogP contribution in [0.1, 0.15) is 13.8 Å². The molecule has 1 saturated heterocycles. The van der Waals surface area contributed by atoms with Gasteiger partial charge in [-0.2, -0.15) is 0 Å². The van der Waals surface area contributed by atoms with Gasteiger partial charge in [-0.3, -0.25) is 4.79 Å². The Balaban J connectivity index is 2.56. The second-order valence-electron chi connectivity index (χ2n) is 3.12. The summed E-state index contributed by atoms with van der Waals surface area (Å²) in [5, 5.41) is 0. The van der Waals surface area contributed by atoms with E-state index in [1.807, 2.05) is 0 Å². The first-order chi connectivity index (χ1) is 6.08. The number of esters is 1. The summed E-state index contributed by atoms with van der Waals surface area (Å²) in [4.78, 5) is 20.1. The van der Waals surface area contributed by atoms with Crippen molar-refractivity contribution in [1.29, 1.82) is 0 Å². The molecule has 1 fully saturated rings. The number of rotatable bonds is 2. The molecule has 0 unspecified atom stereocenters. The van der Waals surface area contributed by atoms with Crippen molar-refractivity contribution in [1.82, 2.24) is 0 Å². The van der Waals surface area contributed by atoms with Crippen molar-refractivity contribution in [2.45, 2.75) is 13.8 Å². The van der Waals surface area contributed by atoms with Crippen molar-refractivity contribution in [2.75, 3.05) is 19.8 Å². The molecule has 1 rings (SSSR count). The number of carbonyl (C=O) groups is 1. The highest BCUT2D eigenvalue weighted by Gasteiger charge is 2.46. The van der Waals surface area contributed by atoms with E-state index < -0.39 is 11.6 Å². The van der Waals surface area contributed by atoms with Gasteiger partial charge >= 0.3 is 12.1 Å². The number of hydrogen-bond donors (Lipinski definition) is 0. The van der Waals surface area contributed by atoms with Crippen molar-refractivity contribution in [2.24, 2.45) is 5.41 Å². The Morgan fingerprint density at radius 1 is 1.62 bits per heavy atom. The maximum Gasteiger partial charge on any atom is 0.712 e. The van der Waals surface area contributed by atoms with Crippen molar-refractivity contribution in [3.8, 4) is 0 Å². The molecule has 1 aliphatic heterocycles. The minimum atomic E-state index is -0.817. The normalized spacial score (nSPS) is 27.4. The summed E-state index contributed by atoms with van der Waals surface area (Å²) in [6, 6.07) is 0. The third-order valence-corrected chi connectivity index (χ3v) is 1.80. The highest BCUT2D eigenvalue weighted by atomic mass is 16.7. The van der Waals surface area contributed by atoms with E-state index in [0.717, 1.165) is 0 Å². The molecule has 0 aliphatic carbocycles. The molecule has 0 spiro atoms. The fourth-order valence-corrected chi connectivity index (χ4v) is 0.949. The highest BCUT2D eigenvalue weighted by molar-refractivity contribution is 5.78. The van der Waals surface area contributed by atoms with Crippen LogP contribution in [0.5, 0.6) is 0 Å². The maximum absolute atomic E-state index is 11.4. The Morgan fingerprint density at radius 2 is 2.15 bits per heavy atom. The van der Waals surface area contributed by atoms with Gasteiger partial charge in [-0.25, -0.2) is 0 Å². The van der Waals surface area contributed by atoms with Crippen LogP contribution in [-0.4, -0.2) is 36.7 Å². The molecule has 0 aromatic heterocycles. The predicted octanol–water partition coefficient (Wildman–Crippen LogP) is 0.0625. The van der Waals surface area contributed by atoms with Gasteiger partial charge in [-0.05, 0) is 13.8 Å². The molecule has 0 atom stereocenters. The number of carbonyl (C=O) groups excluding carboxylic acids is 2. The van der Waals surface area contributed by atoms with Gasteiger partial charge in [-0.15, -0.1) is 0 Å². The zero-order valence-electron chi connectivity index (χ0n) is 7.70. The van der Waals surface area contributed by atoms with Crippen LogP contribution in [0.2, 0.25) is 0 Å². The van der Waals surface area contributed by atoms with Crippen LogP contribution in [0.25, 0.3) is 0 Å². The summed E-state index contributed by atoms with van der Waals surface area (Å²) >= 11 is 0. The third-order valence-electron chi connectivity index (χ3n) is 1.80. The Morgan fingerprint density at radius 3 is 2.62 bits per heavy atom. The van der Waals surface area contributed by atoms with E-state index in [9.17, 15) is 4.79 Å². The lowest BCUT2D eigenvalue weighted by Crippen LogP contribution is -2.44. The van der Waals surface area contributed by atoms with Gasteiger partial charge in [0.15, 0.2) is 18.6 Å². The van der Waals surface area contributed by atoms with E-state index in [1.165, 1.54) is 0 Å². The van der Waals surface area contributed by atoms with Gasteiger partial charge in [0.05, 0.1) is 6.61 Å². The van der Waals surface area contributed by atoms with Gasteiger partial charge in [0.25, 0.3) is 0 Å². The Bertz CT molecular complexity index is 213. The zero-order valence-corrected chi connectivity index (χ0v) is 7.70. The fourth-order valence-electron chi connectivity index (χ4n) is 0.949. The van der Waals surface area contributed by atoms with Gasteiger partial charge in [-0.1, -0.05) is 0 Å². The molecule has 1 heterocycles. The minimum absolute atomic E-state index is 0.0810. The summed E-state index contributed by atoms with van der Waals surface area (Å²) in [6.45, 7) is 3.88. The van der Waals surface area contributed by atoms with E-state index in [2.05, 4.69) is 0 Å². The molecule has 5 nitrogen and oxygen atoms in total. The largest absolute Gasteiger partial charge is 0.712 e. The van der Waals surface area contributed by atoms with E-state index in [0.29, 0.717) is 6.61 Å². The van der Waals surface area contributed by atoms with E-state index in [1.54, 1.807) is 13.8 Å². The van der Waals surface area contributed by atoms with Crippen molar-refractivity contribution in [3.63, 3.8) is 0 Å². The van der Waals surface area contributed by atoms with E-state index >= 15 is 0 Å². The monoisotopic (exact) mass is 189 g/mol. The zero-order chi connectivity index (χ0) is 9.90. The van der Waals surface area contributed by atoms with E-state index in [4.69, 9.17) is 19.0 Å². The quantitative estimate of drug-likeness (QED) is 0.455. The molecule has 74 valence electrons. The molecule has 5 heteroatoms. The summed E-state index contributed by atoms with van der Waals surface area (Å²) in [6.07, 6.45) is -0.484. The molecule has 0 aromatic carbocycles. The summed E-state index contributed by atoms with van der Waals surface area (Å²) < 4.78 is 14.2. The molecule has 13 heavy (non-hydrogen) atoms. The standard InChI is InChI=1S/C8H12O5/c1-3-11-6(9)8(2)4-12-7(10)13-5-8/h3-5H2,1-2H3/p+1. The van der Waals surface area contributed by atoms with Crippen LogP contribution in [0.3, 0.4) is 0 Å². The lowest BCUT2D eigenvalue weighted by molar-refractivity contribution is -0.163. The Kier molecular flexibility index (Phi) is 2.75. The second kappa shape index (κ2) is 3.64. The lowest BCUT2D eigenvalue weighted by Gasteiger charge is -2.23. The highest BCUT2D eigenvalue weighted by Crippen LogP contribution is 2.23. The molecule has 1 N–H and O–H groups in total. The molecule has 0 bridgehead atoms. The topological polar surface area (TPSA) is 66.2 Å². The molecule has 0 aromatic rings. The maximum atomic E-state index is 11.4. The van der Waals surface area contributed by atoms with Gasteiger partial charge < -0.3 is 19.0 Å². The SMILES string of the molecule is CCOC(=O)C1(C)COC(=[OH+])OC1. The molecule has 0 amide bonds. The van der Waals surface area contributed by atoms with Crippen LogP contribution in [0, 0.1) is 5.41 Å². The smallest absolute Gasteiger partial charge is 0.465 e. The average molecular weight is 189 g/mol. The number of cyclic esters (lactones) is 2. The lowest BCUT2D eigenvalue weighted by atomic mass is 9.93. The first kappa shape index (κ1) is 9.83. The van der Waals surface area contributed by atoms with Crippen LogP contribution < -0.4 is 0 Å². The van der Waals surface area contributed by atoms with Crippen LogP contribution in [0.15, 0.2) is 0 Å². The van der Waals surface area contributed by atoms with Crippen molar-refractivity contribution < 1.29 is 23.8 Å². The Labute approximate surface area is 76.0 Å². The molecular formula is C8H13O5+. The van der Waals surface area contributed by atoms with Crippen LogP contribution in [0.4, 0.5) is 0 Å². The fraction of sp³-hybridized carbons (Fsp3) is 0.750. The van der Waals surface area contributed by atoms with Gasteiger partial charge in [0.2, 0.25) is 0 Å². The van der Waals surface area contributed by atoms with Crippen LogP contribution in [-0.2, 0) is 19.0 Å². The van der Waals surface area contributed by atoms with Crippen molar-refractivity contribution >= 4 is 12.1 Å². The van der Waals surface area contributed by atoms with Gasteiger partial charge in [0, 0.05) is 0 Å². The molecule has 0 radical (unpaired) electrons. The molecular weight excluding hydrogens is 176 g/mol. The molecule has 0 saturated carbocycles. The predicted molar refractivity (Wildman–Crippen MR) is 43.6 cm³/mol.